The Morgan fingerprint density at radius 2 is 1.86 bits per heavy atom. The quantitative estimate of drug-likeness (QED) is 0.593. The first-order valence-electron chi connectivity index (χ1n) is 13.2. The monoisotopic (exact) mass is 480 g/mol. The van der Waals surface area contributed by atoms with E-state index in [9.17, 15) is 15.2 Å². The normalized spacial score (nSPS) is 24.0. The first-order chi connectivity index (χ1) is 17.6. The predicted molar refractivity (Wildman–Crippen MR) is 138 cm³/mol. The molecule has 6 heteroatoms. The SMILES string of the molecule is N#CC1(c2ccccc2)CCN(Cc2cc3c(c4ncccc24)CN([C@H]2CCCC[C@@H]2O)C3=O)CC1. The lowest BCUT2D eigenvalue weighted by molar-refractivity contribution is 0.0192. The number of amides is 1. The van der Waals surface area contributed by atoms with Crippen LogP contribution in [0.1, 0.15) is 65.6 Å². The number of aliphatic hydroxyl groups excluding tert-OH is 1. The molecule has 1 saturated heterocycles. The predicted octanol–water partition coefficient (Wildman–Crippen LogP) is 4.55. The van der Waals surface area contributed by atoms with E-state index in [-0.39, 0.29) is 11.9 Å². The van der Waals surface area contributed by atoms with E-state index in [2.05, 4.69) is 35.2 Å². The van der Waals surface area contributed by atoms with Crippen LogP contribution >= 0.6 is 0 Å². The molecule has 0 unspecified atom stereocenters. The van der Waals surface area contributed by atoms with Gasteiger partial charge in [0.15, 0.2) is 0 Å². The van der Waals surface area contributed by atoms with Crippen molar-refractivity contribution in [2.24, 2.45) is 0 Å². The van der Waals surface area contributed by atoms with Crippen LogP contribution in [-0.2, 0) is 18.5 Å². The van der Waals surface area contributed by atoms with Crippen molar-refractivity contribution >= 4 is 16.8 Å². The number of rotatable bonds is 4. The smallest absolute Gasteiger partial charge is 0.254 e. The molecule has 36 heavy (non-hydrogen) atoms. The van der Waals surface area contributed by atoms with Crippen molar-refractivity contribution in [3.05, 3.63) is 77.0 Å². The Labute approximate surface area is 212 Å². The second-order valence-electron chi connectivity index (χ2n) is 10.6. The number of carbonyl (C=O) groups is 1. The summed E-state index contributed by atoms with van der Waals surface area (Å²) >= 11 is 0. The minimum absolute atomic E-state index is 0.0240. The lowest BCUT2D eigenvalue weighted by Gasteiger charge is -2.37. The Morgan fingerprint density at radius 3 is 2.61 bits per heavy atom. The molecule has 3 heterocycles. The molecule has 3 aliphatic rings. The Balaban J connectivity index is 1.27. The number of aromatic nitrogens is 1. The van der Waals surface area contributed by atoms with E-state index in [0.717, 1.165) is 91.3 Å². The maximum atomic E-state index is 13.5. The van der Waals surface area contributed by atoms with Crippen LogP contribution in [0.4, 0.5) is 0 Å². The minimum atomic E-state index is -0.450. The van der Waals surface area contributed by atoms with E-state index in [1.54, 1.807) is 6.20 Å². The molecule has 6 rings (SSSR count). The van der Waals surface area contributed by atoms with Crippen molar-refractivity contribution in [1.82, 2.24) is 14.8 Å². The number of benzene rings is 2. The molecule has 1 aliphatic carbocycles. The number of likely N-dealkylation sites (tertiary alicyclic amines) is 1. The van der Waals surface area contributed by atoms with Gasteiger partial charge in [0.2, 0.25) is 0 Å². The van der Waals surface area contributed by atoms with Crippen LogP contribution in [0.25, 0.3) is 10.9 Å². The summed E-state index contributed by atoms with van der Waals surface area (Å²) in [6.45, 7) is 2.91. The first-order valence-corrected chi connectivity index (χ1v) is 13.2. The minimum Gasteiger partial charge on any atom is -0.391 e. The lowest BCUT2D eigenvalue weighted by atomic mass is 9.74. The highest BCUT2D eigenvalue weighted by atomic mass is 16.3. The van der Waals surface area contributed by atoms with Gasteiger partial charge in [-0.25, -0.2) is 0 Å². The first kappa shape index (κ1) is 23.1. The van der Waals surface area contributed by atoms with Gasteiger partial charge in [0.05, 0.1) is 29.1 Å². The van der Waals surface area contributed by atoms with Gasteiger partial charge in [-0.05, 0) is 48.9 Å². The highest BCUT2D eigenvalue weighted by molar-refractivity contribution is 6.04. The summed E-state index contributed by atoms with van der Waals surface area (Å²) in [6.07, 6.45) is 6.63. The van der Waals surface area contributed by atoms with Gasteiger partial charge in [-0.3, -0.25) is 14.7 Å². The average molecular weight is 481 g/mol. The van der Waals surface area contributed by atoms with Crippen LogP contribution in [0.3, 0.4) is 0 Å². The molecule has 2 fully saturated rings. The van der Waals surface area contributed by atoms with Gasteiger partial charge in [-0.15, -0.1) is 0 Å². The zero-order chi connectivity index (χ0) is 24.7. The molecule has 2 aromatic carbocycles. The van der Waals surface area contributed by atoms with Gasteiger partial charge in [0, 0.05) is 48.9 Å². The second-order valence-corrected chi connectivity index (χ2v) is 10.6. The number of aliphatic hydroxyl groups is 1. The number of nitrogens with zero attached hydrogens (tertiary/aromatic N) is 4. The second kappa shape index (κ2) is 9.31. The van der Waals surface area contributed by atoms with Crippen LogP contribution in [0.5, 0.6) is 0 Å². The van der Waals surface area contributed by atoms with Gasteiger partial charge >= 0.3 is 0 Å². The van der Waals surface area contributed by atoms with Crippen LogP contribution in [0, 0.1) is 11.3 Å². The summed E-state index contributed by atoms with van der Waals surface area (Å²) in [6, 6.07) is 18.8. The number of fused-ring (bicyclic) bond motifs is 3. The molecule has 2 aliphatic heterocycles. The molecular formula is C30H32N4O2. The highest BCUT2D eigenvalue weighted by Crippen LogP contribution is 2.38. The third kappa shape index (κ3) is 3.87. The molecular weight excluding hydrogens is 448 g/mol. The zero-order valence-electron chi connectivity index (χ0n) is 20.6. The van der Waals surface area contributed by atoms with Gasteiger partial charge in [0.25, 0.3) is 5.91 Å². The topological polar surface area (TPSA) is 80.5 Å². The third-order valence-corrected chi connectivity index (χ3v) is 8.64. The van der Waals surface area contributed by atoms with Crippen LogP contribution in [-0.4, -0.2) is 51.0 Å². The fraction of sp³-hybridized carbons (Fsp3) is 0.433. The van der Waals surface area contributed by atoms with Gasteiger partial charge in [-0.1, -0.05) is 49.2 Å². The molecule has 6 nitrogen and oxygen atoms in total. The summed E-state index contributed by atoms with van der Waals surface area (Å²) < 4.78 is 0. The summed E-state index contributed by atoms with van der Waals surface area (Å²) in [7, 11) is 0. The molecule has 1 aromatic heterocycles. The maximum Gasteiger partial charge on any atom is 0.254 e. The van der Waals surface area contributed by atoms with E-state index in [4.69, 9.17) is 4.98 Å². The van der Waals surface area contributed by atoms with Crippen molar-refractivity contribution in [2.75, 3.05) is 13.1 Å². The molecule has 1 N–H and O–H groups in total. The number of nitriles is 1. The van der Waals surface area contributed by atoms with Crippen molar-refractivity contribution in [1.29, 1.82) is 5.26 Å². The Kier molecular flexibility index (Phi) is 5.99. The summed E-state index contributed by atoms with van der Waals surface area (Å²) in [5, 5.41) is 21.8. The molecule has 0 spiro atoms. The molecule has 1 saturated carbocycles. The fourth-order valence-corrected chi connectivity index (χ4v) is 6.53. The highest BCUT2D eigenvalue weighted by Gasteiger charge is 2.39. The van der Waals surface area contributed by atoms with E-state index < -0.39 is 11.5 Å². The number of piperidine rings is 1. The van der Waals surface area contributed by atoms with Crippen molar-refractivity contribution < 1.29 is 9.90 Å². The van der Waals surface area contributed by atoms with Gasteiger partial charge < -0.3 is 10.0 Å². The molecule has 0 radical (unpaired) electrons. The molecule has 0 bridgehead atoms. The van der Waals surface area contributed by atoms with E-state index >= 15 is 0 Å². The summed E-state index contributed by atoms with van der Waals surface area (Å²) in [4.78, 5) is 22.5. The van der Waals surface area contributed by atoms with Gasteiger partial charge in [0.1, 0.15) is 0 Å². The third-order valence-electron chi connectivity index (χ3n) is 8.64. The molecule has 184 valence electrons. The number of carbonyl (C=O) groups excluding carboxylic acids is 1. The van der Waals surface area contributed by atoms with Crippen LogP contribution < -0.4 is 0 Å². The van der Waals surface area contributed by atoms with Crippen molar-refractivity contribution in [3.8, 4) is 6.07 Å². The average Bonchev–Trinajstić information content (AvgIpc) is 3.26. The molecule has 3 aromatic rings. The molecule has 2 atom stereocenters. The Morgan fingerprint density at radius 1 is 1.08 bits per heavy atom. The van der Waals surface area contributed by atoms with E-state index in [0.29, 0.717) is 6.54 Å². The van der Waals surface area contributed by atoms with Crippen LogP contribution in [0.15, 0.2) is 54.7 Å². The Bertz CT molecular complexity index is 1320. The maximum absolute atomic E-state index is 13.5. The Hall–Kier alpha value is -3.27. The fourth-order valence-electron chi connectivity index (χ4n) is 6.53. The van der Waals surface area contributed by atoms with Crippen molar-refractivity contribution in [2.45, 2.75) is 69.2 Å². The lowest BCUT2D eigenvalue weighted by Crippen LogP contribution is -2.45. The standard InChI is InChI=1S/C30H32N4O2/c31-20-30(22-7-2-1-3-8-22)12-15-33(16-13-30)18-21-17-24-25(28-23(21)9-6-14-32-28)19-34(29(24)36)26-10-4-5-11-27(26)35/h1-3,6-9,14,17,26-27,35H,4-5,10-13,15-16,18-19H2/t26-,27-/m0/s1. The molecule has 1 amide bonds. The van der Waals surface area contributed by atoms with Crippen LogP contribution in [0.2, 0.25) is 0 Å². The van der Waals surface area contributed by atoms with Gasteiger partial charge in [-0.2, -0.15) is 5.26 Å². The summed E-state index contributed by atoms with van der Waals surface area (Å²) in [5.41, 5.74) is 4.41. The van der Waals surface area contributed by atoms with E-state index in [1.807, 2.05) is 29.2 Å². The summed E-state index contributed by atoms with van der Waals surface area (Å²) in [5.74, 6) is 0.0240. The largest absolute Gasteiger partial charge is 0.391 e. The number of hydrogen-bond donors (Lipinski definition) is 1. The van der Waals surface area contributed by atoms with E-state index in [1.165, 1.54) is 0 Å². The zero-order valence-corrected chi connectivity index (χ0v) is 20.6. The number of pyridine rings is 1. The van der Waals surface area contributed by atoms with Crippen molar-refractivity contribution in [3.63, 3.8) is 0 Å². The number of hydrogen-bond acceptors (Lipinski definition) is 5.